The first-order valence-electron chi connectivity index (χ1n) is 11.9. The maximum absolute atomic E-state index is 10.4. The highest BCUT2D eigenvalue weighted by Gasteiger charge is 2.22. The summed E-state index contributed by atoms with van der Waals surface area (Å²) in [5.74, 6) is 0.742. The van der Waals surface area contributed by atoms with Crippen LogP contribution in [0.1, 0.15) is 43.4 Å². The lowest BCUT2D eigenvalue weighted by atomic mass is 10.0. The van der Waals surface area contributed by atoms with Gasteiger partial charge in [0.05, 0.1) is 40.8 Å². The van der Waals surface area contributed by atoms with Crippen LogP contribution < -0.4 is 4.74 Å². The monoisotopic (exact) mass is 475 g/mol. The van der Waals surface area contributed by atoms with Gasteiger partial charge in [-0.1, -0.05) is 6.07 Å². The van der Waals surface area contributed by atoms with E-state index in [0.717, 1.165) is 50.6 Å². The number of aryl methyl sites for hydroxylation is 1. The zero-order valence-corrected chi connectivity index (χ0v) is 21.2. The van der Waals surface area contributed by atoms with Crippen molar-refractivity contribution in [1.82, 2.24) is 34.7 Å². The fraction of sp³-hybridized carbons (Fsp3) is 0.423. The Bertz CT molecular complexity index is 1400. The predicted molar refractivity (Wildman–Crippen MR) is 137 cm³/mol. The smallest absolute Gasteiger partial charge is 0.219 e. The maximum atomic E-state index is 10.4. The van der Waals surface area contributed by atoms with E-state index in [4.69, 9.17) is 9.84 Å². The molecule has 0 saturated carbocycles. The van der Waals surface area contributed by atoms with Crippen molar-refractivity contribution in [2.24, 2.45) is 7.05 Å². The molecule has 2 N–H and O–H groups in total. The number of aromatic nitrogens is 6. The second-order valence-electron chi connectivity index (χ2n) is 10.2. The van der Waals surface area contributed by atoms with Crippen molar-refractivity contribution in [3.63, 3.8) is 0 Å². The van der Waals surface area contributed by atoms with Gasteiger partial charge in [0.2, 0.25) is 5.88 Å². The molecular formula is C26H33N7O2. The number of H-pyrrole nitrogens is 1. The first-order chi connectivity index (χ1) is 16.6. The standard InChI is InChI=1S/C26H33N7O2/c1-16-13-31(5)14-24-19(17(2)33(30-24)15-26(3,4)34)8-10-23-20-11-18(7-9-22(20)28-29-23)21-12-27-32(6)25(21)35-16/h7-12,16,34H,13-15H2,1-6H3,(H,28,29)/t16-/m0/s1. The number of hydrogen-bond acceptors (Lipinski definition) is 6. The number of aliphatic hydroxyl groups is 1. The van der Waals surface area contributed by atoms with Crippen LogP contribution in [0.15, 0.2) is 24.4 Å². The SMILES string of the molecule is Cc1c2c(nn1CC(C)(C)O)CN(C)C[C@H](C)Oc1c(cnn1C)-c1ccc3n[nH]c(c3c1)C=C2. The van der Waals surface area contributed by atoms with E-state index in [1.165, 1.54) is 0 Å². The molecule has 0 spiro atoms. The fourth-order valence-electron chi connectivity index (χ4n) is 4.72. The Balaban J connectivity index is 1.66. The lowest BCUT2D eigenvalue weighted by molar-refractivity contribution is 0.0568. The summed E-state index contributed by atoms with van der Waals surface area (Å²) in [7, 11) is 3.97. The molecule has 1 aromatic carbocycles. The minimum absolute atomic E-state index is 0.0638. The lowest BCUT2D eigenvalue weighted by Crippen LogP contribution is -2.31. The van der Waals surface area contributed by atoms with Crippen LogP contribution >= 0.6 is 0 Å². The average molecular weight is 476 g/mol. The summed E-state index contributed by atoms with van der Waals surface area (Å²) in [6, 6.07) is 6.20. The van der Waals surface area contributed by atoms with Crippen molar-refractivity contribution in [3.8, 4) is 17.0 Å². The number of nitrogens with zero attached hydrogens (tertiary/aromatic N) is 6. The van der Waals surface area contributed by atoms with Crippen LogP contribution in [0.5, 0.6) is 5.88 Å². The number of aromatic amines is 1. The second kappa shape index (κ2) is 8.66. The molecule has 9 heteroatoms. The third-order valence-electron chi connectivity index (χ3n) is 6.36. The van der Waals surface area contributed by atoms with Gasteiger partial charge in [-0.3, -0.25) is 14.7 Å². The number of hydrogen-bond donors (Lipinski definition) is 2. The molecule has 9 nitrogen and oxygen atoms in total. The van der Waals surface area contributed by atoms with Gasteiger partial charge in [0.15, 0.2) is 0 Å². The van der Waals surface area contributed by atoms with Gasteiger partial charge >= 0.3 is 0 Å². The van der Waals surface area contributed by atoms with Gasteiger partial charge in [-0.2, -0.15) is 15.3 Å². The Morgan fingerprint density at radius 1 is 1.23 bits per heavy atom. The topological polar surface area (TPSA) is 97.0 Å². The first-order valence-corrected chi connectivity index (χ1v) is 11.9. The van der Waals surface area contributed by atoms with E-state index >= 15 is 0 Å². The summed E-state index contributed by atoms with van der Waals surface area (Å²) < 4.78 is 10.1. The summed E-state index contributed by atoms with van der Waals surface area (Å²) in [6.45, 7) is 9.51. The molecule has 0 saturated heterocycles. The molecule has 0 amide bonds. The van der Waals surface area contributed by atoms with Crippen LogP contribution in [0, 0.1) is 6.92 Å². The molecule has 2 bridgehead atoms. The molecule has 4 aromatic rings. The molecule has 0 aliphatic carbocycles. The Morgan fingerprint density at radius 3 is 2.80 bits per heavy atom. The number of fused-ring (bicyclic) bond motifs is 4. The predicted octanol–water partition coefficient (Wildman–Crippen LogP) is 3.62. The van der Waals surface area contributed by atoms with Crippen LogP contribution in [-0.2, 0) is 20.1 Å². The number of rotatable bonds is 2. The van der Waals surface area contributed by atoms with Gasteiger partial charge in [0, 0.05) is 36.8 Å². The van der Waals surface area contributed by atoms with Gasteiger partial charge in [-0.15, -0.1) is 0 Å². The molecule has 4 heterocycles. The average Bonchev–Trinajstić information content (AvgIpc) is 3.42. The molecule has 184 valence electrons. The quantitative estimate of drug-likeness (QED) is 0.460. The zero-order valence-electron chi connectivity index (χ0n) is 21.2. The molecule has 35 heavy (non-hydrogen) atoms. The van der Waals surface area contributed by atoms with Crippen LogP contribution in [-0.4, -0.2) is 65.1 Å². The highest BCUT2D eigenvalue weighted by Crippen LogP contribution is 2.33. The highest BCUT2D eigenvalue weighted by molar-refractivity contribution is 5.93. The lowest BCUT2D eigenvalue weighted by Gasteiger charge is -2.22. The van der Waals surface area contributed by atoms with E-state index in [1.54, 1.807) is 18.5 Å². The highest BCUT2D eigenvalue weighted by atomic mass is 16.5. The number of benzene rings is 1. The molecule has 0 fully saturated rings. The molecule has 0 radical (unpaired) electrons. The summed E-state index contributed by atoms with van der Waals surface area (Å²) in [5.41, 5.74) is 5.96. The minimum atomic E-state index is -0.864. The van der Waals surface area contributed by atoms with E-state index in [2.05, 4.69) is 65.4 Å². The van der Waals surface area contributed by atoms with Crippen molar-refractivity contribution >= 4 is 23.1 Å². The summed E-state index contributed by atoms with van der Waals surface area (Å²) in [6.07, 6.45) is 5.95. The van der Waals surface area contributed by atoms with Crippen LogP contribution in [0.3, 0.4) is 0 Å². The van der Waals surface area contributed by atoms with Crippen molar-refractivity contribution in [2.75, 3.05) is 13.6 Å². The molecule has 5 rings (SSSR count). The normalized spacial score (nSPS) is 17.2. The zero-order chi connectivity index (χ0) is 24.9. The Morgan fingerprint density at radius 2 is 2.03 bits per heavy atom. The van der Waals surface area contributed by atoms with Gasteiger partial charge in [-0.25, -0.2) is 4.68 Å². The Labute approximate surface area is 205 Å². The van der Waals surface area contributed by atoms with Gasteiger partial charge < -0.3 is 9.84 Å². The molecule has 1 aliphatic heterocycles. The van der Waals surface area contributed by atoms with E-state index in [1.807, 2.05) is 24.0 Å². The number of likely N-dealkylation sites (N-methyl/N-ethyl adjacent to an activating group) is 1. The molecule has 1 atom stereocenters. The fourth-order valence-corrected chi connectivity index (χ4v) is 4.72. The first kappa shape index (κ1) is 23.3. The summed E-state index contributed by atoms with van der Waals surface area (Å²) >= 11 is 0. The van der Waals surface area contributed by atoms with E-state index in [9.17, 15) is 5.11 Å². The minimum Gasteiger partial charge on any atom is -0.473 e. The van der Waals surface area contributed by atoms with Crippen molar-refractivity contribution < 1.29 is 9.84 Å². The van der Waals surface area contributed by atoms with Gasteiger partial charge in [-0.05, 0) is 64.6 Å². The number of ether oxygens (including phenoxy) is 1. The summed E-state index contributed by atoms with van der Waals surface area (Å²) in [5, 5.41) is 28.5. The van der Waals surface area contributed by atoms with E-state index in [0.29, 0.717) is 19.6 Å². The molecule has 1 aliphatic rings. The van der Waals surface area contributed by atoms with Crippen molar-refractivity contribution in [2.45, 2.75) is 52.5 Å². The third-order valence-corrected chi connectivity index (χ3v) is 6.36. The molecule has 3 aromatic heterocycles. The van der Waals surface area contributed by atoms with Gasteiger partial charge in [0.25, 0.3) is 0 Å². The number of nitrogens with one attached hydrogen (secondary N) is 1. The summed E-state index contributed by atoms with van der Waals surface area (Å²) in [4.78, 5) is 2.21. The molecular weight excluding hydrogens is 442 g/mol. The molecule has 0 unspecified atom stereocenters. The van der Waals surface area contributed by atoms with Crippen LogP contribution in [0.25, 0.3) is 34.2 Å². The van der Waals surface area contributed by atoms with E-state index in [-0.39, 0.29) is 6.10 Å². The third kappa shape index (κ3) is 4.61. The van der Waals surface area contributed by atoms with Gasteiger partial charge in [0.1, 0.15) is 6.10 Å². The largest absolute Gasteiger partial charge is 0.473 e. The van der Waals surface area contributed by atoms with Crippen LogP contribution in [0.2, 0.25) is 0 Å². The van der Waals surface area contributed by atoms with Crippen molar-refractivity contribution in [1.29, 1.82) is 0 Å². The maximum Gasteiger partial charge on any atom is 0.219 e. The Hall–Kier alpha value is -3.43. The second-order valence-corrected chi connectivity index (χ2v) is 10.2. The van der Waals surface area contributed by atoms with Crippen LogP contribution in [0.4, 0.5) is 0 Å². The van der Waals surface area contributed by atoms with Crippen molar-refractivity contribution in [3.05, 3.63) is 47.0 Å². The Kier molecular flexibility index (Phi) is 5.77. The van der Waals surface area contributed by atoms with E-state index < -0.39 is 5.60 Å².